The van der Waals surface area contributed by atoms with Crippen molar-refractivity contribution in [1.82, 2.24) is 9.55 Å². The molecule has 0 saturated heterocycles. The third-order valence-corrected chi connectivity index (χ3v) is 5.91. The van der Waals surface area contributed by atoms with Crippen molar-refractivity contribution in [3.63, 3.8) is 0 Å². The first-order chi connectivity index (χ1) is 16.3. The molecule has 1 N–H and O–H groups in total. The maximum absolute atomic E-state index is 13.3. The number of fused-ring (bicyclic) bond motifs is 1. The monoisotopic (exact) mass is 453 g/mol. The van der Waals surface area contributed by atoms with Gasteiger partial charge in [0.2, 0.25) is 11.3 Å². The summed E-state index contributed by atoms with van der Waals surface area (Å²) in [4.78, 5) is 43.9. The molecule has 2 heterocycles. The van der Waals surface area contributed by atoms with Gasteiger partial charge in [-0.25, -0.2) is 4.98 Å². The van der Waals surface area contributed by atoms with Crippen LogP contribution in [0.2, 0.25) is 0 Å². The highest BCUT2D eigenvalue weighted by atomic mass is 16.2. The van der Waals surface area contributed by atoms with Gasteiger partial charge in [0.05, 0.1) is 10.9 Å². The molecule has 1 amide bonds. The number of nitrogens with zero attached hydrogens (tertiary/aromatic N) is 2. The summed E-state index contributed by atoms with van der Waals surface area (Å²) in [5.74, 6) is -0.647. The van der Waals surface area contributed by atoms with Crippen molar-refractivity contribution in [1.29, 1.82) is 0 Å². The summed E-state index contributed by atoms with van der Waals surface area (Å²) in [7, 11) is 0. The molecule has 0 saturated carbocycles. The molecule has 4 aromatic rings. The number of aromatic nitrogens is 2. The second kappa shape index (κ2) is 9.43. The van der Waals surface area contributed by atoms with Crippen molar-refractivity contribution in [2.75, 3.05) is 5.32 Å². The SMILES string of the molecule is CCc1ccc(C(=O)c2cn(CC(=O)Nc3cc(C)ccc3C)c3nc(C)ccc3c2=O)cc1. The summed E-state index contributed by atoms with van der Waals surface area (Å²) >= 11 is 0. The highest BCUT2D eigenvalue weighted by Gasteiger charge is 2.19. The van der Waals surface area contributed by atoms with Crippen LogP contribution in [0.4, 0.5) is 5.69 Å². The van der Waals surface area contributed by atoms with Crippen LogP contribution in [0.25, 0.3) is 11.0 Å². The maximum atomic E-state index is 13.3. The zero-order chi connectivity index (χ0) is 24.4. The zero-order valence-electron chi connectivity index (χ0n) is 19.8. The Hall–Kier alpha value is -4.06. The topological polar surface area (TPSA) is 81.1 Å². The number of rotatable bonds is 6. The minimum Gasteiger partial charge on any atom is -0.324 e. The van der Waals surface area contributed by atoms with Crippen molar-refractivity contribution >= 4 is 28.4 Å². The minimum atomic E-state index is -0.391. The van der Waals surface area contributed by atoms with Crippen molar-refractivity contribution in [2.45, 2.75) is 40.7 Å². The lowest BCUT2D eigenvalue weighted by molar-refractivity contribution is -0.116. The molecule has 0 spiro atoms. The Morgan fingerprint density at radius 2 is 1.71 bits per heavy atom. The lowest BCUT2D eigenvalue weighted by Crippen LogP contribution is -2.25. The van der Waals surface area contributed by atoms with Gasteiger partial charge >= 0.3 is 0 Å². The van der Waals surface area contributed by atoms with Gasteiger partial charge in [-0.3, -0.25) is 14.4 Å². The van der Waals surface area contributed by atoms with E-state index in [1.807, 2.05) is 58.0 Å². The molecule has 2 aromatic carbocycles. The van der Waals surface area contributed by atoms with Crippen LogP contribution in [-0.2, 0) is 17.8 Å². The Labute approximate surface area is 198 Å². The Balaban J connectivity index is 1.75. The predicted octanol–water partition coefficient (Wildman–Crippen LogP) is 4.75. The molecule has 0 aliphatic carbocycles. The molecule has 0 bridgehead atoms. The van der Waals surface area contributed by atoms with Gasteiger partial charge in [-0.1, -0.05) is 43.3 Å². The van der Waals surface area contributed by atoms with Gasteiger partial charge in [-0.15, -0.1) is 0 Å². The number of pyridine rings is 2. The number of carbonyl (C=O) groups excluding carboxylic acids is 2. The van der Waals surface area contributed by atoms with E-state index in [0.717, 1.165) is 28.8 Å². The van der Waals surface area contributed by atoms with Crippen molar-refractivity contribution in [2.24, 2.45) is 0 Å². The average molecular weight is 454 g/mol. The second-order valence-corrected chi connectivity index (χ2v) is 8.57. The van der Waals surface area contributed by atoms with E-state index in [0.29, 0.717) is 22.3 Å². The molecule has 0 aliphatic rings. The normalized spacial score (nSPS) is 10.9. The molecule has 0 fully saturated rings. The summed E-state index contributed by atoms with van der Waals surface area (Å²) in [6, 6.07) is 16.5. The van der Waals surface area contributed by atoms with Crippen LogP contribution in [0, 0.1) is 20.8 Å². The van der Waals surface area contributed by atoms with Crippen LogP contribution in [0.3, 0.4) is 0 Å². The van der Waals surface area contributed by atoms with Gasteiger partial charge in [0.1, 0.15) is 12.2 Å². The van der Waals surface area contributed by atoms with Gasteiger partial charge < -0.3 is 9.88 Å². The standard InChI is InChI=1S/C28H27N3O3/c1-5-20-9-11-21(12-10-20)26(33)23-15-31(28-22(27(23)34)13-8-19(4)29-28)16-25(32)30-24-14-17(2)6-7-18(24)3/h6-15H,5,16H2,1-4H3,(H,30,32). The highest BCUT2D eigenvalue weighted by molar-refractivity contribution is 6.10. The van der Waals surface area contributed by atoms with E-state index in [1.165, 1.54) is 6.20 Å². The molecule has 6 heteroatoms. The van der Waals surface area contributed by atoms with Crippen LogP contribution in [0.15, 0.2) is 65.6 Å². The molecule has 6 nitrogen and oxygen atoms in total. The van der Waals surface area contributed by atoms with Crippen LogP contribution >= 0.6 is 0 Å². The first kappa shape index (κ1) is 23.1. The van der Waals surface area contributed by atoms with Crippen molar-refractivity contribution < 1.29 is 9.59 Å². The molecule has 2 aromatic heterocycles. The molecular formula is C28H27N3O3. The van der Waals surface area contributed by atoms with E-state index in [4.69, 9.17) is 0 Å². The van der Waals surface area contributed by atoms with Crippen LogP contribution in [-0.4, -0.2) is 21.2 Å². The summed E-state index contributed by atoms with van der Waals surface area (Å²) in [5.41, 5.74) is 4.96. The fourth-order valence-electron chi connectivity index (χ4n) is 3.90. The smallest absolute Gasteiger partial charge is 0.244 e. The van der Waals surface area contributed by atoms with Gasteiger partial charge in [0, 0.05) is 23.1 Å². The lowest BCUT2D eigenvalue weighted by Gasteiger charge is -2.14. The van der Waals surface area contributed by atoms with E-state index in [-0.39, 0.29) is 23.8 Å². The molecular weight excluding hydrogens is 426 g/mol. The Morgan fingerprint density at radius 1 is 0.971 bits per heavy atom. The molecule has 4 rings (SSSR count). The van der Waals surface area contributed by atoms with Crippen molar-refractivity contribution in [3.8, 4) is 0 Å². The second-order valence-electron chi connectivity index (χ2n) is 8.57. The van der Waals surface area contributed by atoms with E-state index in [9.17, 15) is 14.4 Å². The number of ketones is 1. The first-order valence-electron chi connectivity index (χ1n) is 11.3. The van der Waals surface area contributed by atoms with E-state index >= 15 is 0 Å². The lowest BCUT2D eigenvalue weighted by atomic mass is 10.0. The number of carbonyl (C=O) groups is 2. The van der Waals surface area contributed by atoms with E-state index < -0.39 is 5.43 Å². The summed E-state index contributed by atoms with van der Waals surface area (Å²) in [6.07, 6.45) is 2.31. The van der Waals surface area contributed by atoms with Gasteiger partial charge in [-0.2, -0.15) is 0 Å². The summed E-state index contributed by atoms with van der Waals surface area (Å²) in [6.45, 7) is 7.66. The predicted molar refractivity (Wildman–Crippen MR) is 135 cm³/mol. The third kappa shape index (κ3) is 4.66. The Bertz CT molecular complexity index is 1470. The third-order valence-electron chi connectivity index (χ3n) is 5.91. The minimum absolute atomic E-state index is 0.0157. The fourth-order valence-corrected chi connectivity index (χ4v) is 3.90. The number of aryl methyl sites for hydroxylation is 4. The van der Waals surface area contributed by atoms with Crippen LogP contribution in [0.1, 0.15) is 45.2 Å². The van der Waals surface area contributed by atoms with Gasteiger partial charge in [-0.05, 0) is 62.1 Å². The molecule has 172 valence electrons. The summed E-state index contributed by atoms with van der Waals surface area (Å²) < 4.78 is 1.58. The maximum Gasteiger partial charge on any atom is 0.244 e. The fraction of sp³-hybridized carbons (Fsp3) is 0.214. The van der Waals surface area contributed by atoms with Gasteiger partial charge in [0.25, 0.3) is 0 Å². The number of nitrogens with one attached hydrogen (secondary N) is 1. The number of anilines is 1. The van der Waals surface area contributed by atoms with Crippen LogP contribution < -0.4 is 10.7 Å². The number of amides is 1. The molecule has 0 unspecified atom stereocenters. The quantitative estimate of drug-likeness (QED) is 0.427. The van der Waals surface area contributed by atoms with Gasteiger partial charge in [0.15, 0.2) is 5.78 Å². The summed E-state index contributed by atoms with van der Waals surface area (Å²) in [5, 5.41) is 3.24. The zero-order valence-corrected chi connectivity index (χ0v) is 19.8. The Morgan fingerprint density at radius 3 is 2.41 bits per heavy atom. The average Bonchev–Trinajstić information content (AvgIpc) is 2.82. The Kier molecular flexibility index (Phi) is 6.41. The van der Waals surface area contributed by atoms with Crippen molar-refractivity contribution in [3.05, 3.63) is 105 Å². The largest absolute Gasteiger partial charge is 0.324 e. The molecule has 0 aliphatic heterocycles. The van der Waals surface area contributed by atoms with Crippen LogP contribution in [0.5, 0.6) is 0 Å². The highest BCUT2D eigenvalue weighted by Crippen LogP contribution is 2.18. The number of hydrogen-bond acceptors (Lipinski definition) is 4. The molecule has 0 radical (unpaired) electrons. The first-order valence-corrected chi connectivity index (χ1v) is 11.3. The molecule has 34 heavy (non-hydrogen) atoms. The van der Waals surface area contributed by atoms with E-state index in [2.05, 4.69) is 10.3 Å². The number of hydrogen-bond donors (Lipinski definition) is 1. The molecule has 0 atom stereocenters. The number of benzene rings is 2. The van der Waals surface area contributed by atoms with E-state index in [1.54, 1.807) is 28.8 Å².